The van der Waals surface area contributed by atoms with E-state index in [0.717, 1.165) is 60.5 Å². The molecule has 1 aromatic heterocycles. The van der Waals surface area contributed by atoms with E-state index in [1.165, 1.54) is 0 Å². The zero-order valence-electron chi connectivity index (χ0n) is 18.7. The van der Waals surface area contributed by atoms with Gasteiger partial charge in [0.2, 0.25) is 5.91 Å². The van der Waals surface area contributed by atoms with Crippen LogP contribution in [-0.4, -0.2) is 67.6 Å². The molecule has 0 unspecified atom stereocenters. The second-order valence-electron chi connectivity index (χ2n) is 7.79. The van der Waals surface area contributed by atoms with Crippen molar-refractivity contribution in [2.45, 2.75) is 6.54 Å². The van der Waals surface area contributed by atoms with E-state index in [2.05, 4.69) is 20.5 Å². The zero-order chi connectivity index (χ0) is 23.2. The van der Waals surface area contributed by atoms with E-state index in [1.54, 1.807) is 31.6 Å². The van der Waals surface area contributed by atoms with Gasteiger partial charge in [-0.3, -0.25) is 14.6 Å². The smallest absolute Gasteiger partial charge is 0.238 e. The molecule has 0 atom stereocenters. The van der Waals surface area contributed by atoms with Gasteiger partial charge in [-0.25, -0.2) is 4.98 Å². The normalized spacial score (nSPS) is 14.8. The Hall–Kier alpha value is -2.65. The number of piperazine rings is 1. The molecule has 4 rings (SSSR count). The van der Waals surface area contributed by atoms with Crippen molar-refractivity contribution >= 4 is 34.5 Å². The first-order valence-electron chi connectivity index (χ1n) is 10.7. The van der Waals surface area contributed by atoms with E-state index in [4.69, 9.17) is 26.1 Å². The predicted molar refractivity (Wildman–Crippen MR) is 132 cm³/mol. The maximum atomic E-state index is 12.4. The highest BCUT2D eigenvalue weighted by Crippen LogP contribution is 2.35. The molecule has 2 aromatic carbocycles. The van der Waals surface area contributed by atoms with E-state index in [0.29, 0.717) is 17.3 Å². The summed E-state index contributed by atoms with van der Waals surface area (Å²) < 4.78 is 10.8. The highest BCUT2D eigenvalue weighted by molar-refractivity contribution is 7.13. The number of carbonyl (C=O) groups excluding carboxylic acids is 1. The van der Waals surface area contributed by atoms with Gasteiger partial charge in [0.1, 0.15) is 16.5 Å². The van der Waals surface area contributed by atoms with Gasteiger partial charge in [0, 0.05) is 44.2 Å². The van der Waals surface area contributed by atoms with Crippen molar-refractivity contribution in [3.8, 4) is 22.1 Å². The number of hydrogen-bond acceptors (Lipinski definition) is 7. The van der Waals surface area contributed by atoms with Crippen LogP contribution in [0.15, 0.2) is 47.8 Å². The lowest BCUT2D eigenvalue weighted by Crippen LogP contribution is -2.48. The number of amides is 1. The lowest BCUT2D eigenvalue weighted by atomic mass is 10.2. The number of halogens is 1. The summed E-state index contributed by atoms with van der Waals surface area (Å²) in [6.07, 6.45) is 0. The van der Waals surface area contributed by atoms with Crippen LogP contribution in [0.5, 0.6) is 11.5 Å². The highest BCUT2D eigenvalue weighted by atomic mass is 35.5. The number of anilines is 1. The molecule has 1 saturated heterocycles. The van der Waals surface area contributed by atoms with E-state index in [-0.39, 0.29) is 5.91 Å². The summed E-state index contributed by atoms with van der Waals surface area (Å²) >= 11 is 7.74. The fraction of sp³-hybridized carbons (Fsp3) is 0.333. The predicted octanol–water partition coefficient (Wildman–Crippen LogP) is 4.24. The minimum absolute atomic E-state index is 0.0471. The minimum atomic E-state index is -0.0471. The van der Waals surface area contributed by atoms with E-state index < -0.39 is 0 Å². The number of ether oxygens (including phenoxy) is 2. The molecule has 1 aliphatic rings. The van der Waals surface area contributed by atoms with Crippen LogP contribution >= 0.6 is 22.9 Å². The van der Waals surface area contributed by atoms with Crippen molar-refractivity contribution in [3.63, 3.8) is 0 Å². The summed E-state index contributed by atoms with van der Waals surface area (Å²) in [4.78, 5) is 21.7. The number of aromatic nitrogens is 1. The summed E-state index contributed by atoms with van der Waals surface area (Å²) in [5.74, 6) is 1.46. The zero-order valence-corrected chi connectivity index (χ0v) is 20.3. The Balaban J connectivity index is 1.28. The van der Waals surface area contributed by atoms with Crippen LogP contribution in [0.3, 0.4) is 0 Å². The largest absolute Gasteiger partial charge is 0.497 e. The molecule has 9 heteroatoms. The van der Waals surface area contributed by atoms with Crippen LogP contribution in [0.1, 0.15) is 5.69 Å². The Bertz CT molecular complexity index is 1100. The van der Waals surface area contributed by atoms with Gasteiger partial charge in [0.15, 0.2) is 0 Å². The Morgan fingerprint density at radius 2 is 1.85 bits per heavy atom. The highest BCUT2D eigenvalue weighted by Gasteiger charge is 2.20. The molecule has 0 aliphatic carbocycles. The third-order valence-corrected chi connectivity index (χ3v) is 6.81. The summed E-state index contributed by atoms with van der Waals surface area (Å²) in [5, 5.41) is 6.47. The van der Waals surface area contributed by atoms with Crippen molar-refractivity contribution in [1.29, 1.82) is 0 Å². The number of nitrogens with one attached hydrogen (secondary N) is 1. The summed E-state index contributed by atoms with van der Waals surface area (Å²) in [6.45, 7) is 4.58. The first-order valence-corrected chi connectivity index (χ1v) is 12.0. The fourth-order valence-electron chi connectivity index (χ4n) is 3.77. The van der Waals surface area contributed by atoms with E-state index in [9.17, 15) is 4.79 Å². The quantitative estimate of drug-likeness (QED) is 0.513. The molecule has 174 valence electrons. The maximum absolute atomic E-state index is 12.4. The molecule has 0 bridgehead atoms. The van der Waals surface area contributed by atoms with Crippen LogP contribution in [0.4, 0.5) is 5.69 Å². The van der Waals surface area contributed by atoms with Gasteiger partial charge in [-0.15, -0.1) is 11.3 Å². The van der Waals surface area contributed by atoms with Gasteiger partial charge < -0.3 is 14.8 Å². The van der Waals surface area contributed by atoms with Crippen LogP contribution < -0.4 is 14.8 Å². The van der Waals surface area contributed by atoms with Crippen molar-refractivity contribution < 1.29 is 14.3 Å². The molecule has 1 aliphatic heterocycles. The van der Waals surface area contributed by atoms with Crippen molar-refractivity contribution in [1.82, 2.24) is 14.8 Å². The summed E-state index contributed by atoms with van der Waals surface area (Å²) in [5.41, 5.74) is 2.65. The molecule has 3 aromatic rings. The molecule has 7 nitrogen and oxygen atoms in total. The second kappa shape index (κ2) is 11.0. The molecular weight excluding hydrogens is 460 g/mol. The number of hydrogen-bond donors (Lipinski definition) is 1. The van der Waals surface area contributed by atoms with E-state index >= 15 is 0 Å². The Morgan fingerprint density at radius 3 is 2.58 bits per heavy atom. The number of benzene rings is 2. The number of thiazole rings is 1. The number of para-hydroxylation sites is 1. The number of rotatable bonds is 8. The van der Waals surface area contributed by atoms with Crippen molar-refractivity contribution in [3.05, 3.63) is 58.6 Å². The Labute approximate surface area is 202 Å². The maximum Gasteiger partial charge on any atom is 0.238 e. The van der Waals surface area contributed by atoms with Crippen molar-refractivity contribution in [2.24, 2.45) is 0 Å². The van der Waals surface area contributed by atoms with Gasteiger partial charge >= 0.3 is 0 Å². The number of nitrogens with zero attached hydrogens (tertiary/aromatic N) is 3. The summed E-state index contributed by atoms with van der Waals surface area (Å²) in [7, 11) is 3.29. The Kier molecular flexibility index (Phi) is 7.82. The first kappa shape index (κ1) is 23.5. The van der Waals surface area contributed by atoms with Crippen molar-refractivity contribution in [2.75, 3.05) is 52.3 Å². The van der Waals surface area contributed by atoms with Gasteiger partial charge in [-0.2, -0.15) is 0 Å². The van der Waals surface area contributed by atoms with Gasteiger partial charge in [-0.1, -0.05) is 23.7 Å². The fourth-order valence-corrected chi connectivity index (χ4v) is 4.79. The topological polar surface area (TPSA) is 66.9 Å². The molecule has 0 spiro atoms. The third kappa shape index (κ3) is 6.03. The molecule has 0 saturated carbocycles. The average Bonchev–Trinajstić information content (AvgIpc) is 3.29. The number of methoxy groups -OCH3 is 2. The molecule has 0 radical (unpaired) electrons. The molecule has 2 heterocycles. The average molecular weight is 487 g/mol. The van der Waals surface area contributed by atoms with E-state index in [1.807, 2.05) is 36.4 Å². The molecule has 1 amide bonds. The van der Waals surface area contributed by atoms with Crippen LogP contribution in [0.2, 0.25) is 5.02 Å². The minimum Gasteiger partial charge on any atom is -0.497 e. The van der Waals surface area contributed by atoms with Gasteiger partial charge in [0.25, 0.3) is 0 Å². The Morgan fingerprint density at radius 1 is 1.09 bits per heavy atom. The molecular formula is C24H27ClN4O3S. The second-order valence-corrected chi connectivity index (χ2v) is 9.06. The first-order chi connectivity index (χ1) is 16.1. The van der Waals surface area contributed by atoms with Crippen LogP contribution in [-0.2, 0) is 11.3 Å². The monoisotopic (exact) mass is 486 g/mol. The number of carbonyl (C=O) groups is 1. The standard InChI is InChI=1S/C24H27ClN4O3S/c1-31-18-7-8-19(22(13-18)32-2)24-26-17(16-33-24)14-28-9-11-29(12-10-28)15-23(30)27-21-6-4-3-5-20(21)25/h3-8,13,16H,9-12,14-15H2,1-2H3,(H,27,30). The summed E-state index contributed by atoms with van der Waals surface area (Å²) in [6, 6.07) is 13.0. The van der Waals surface area contributed by atoms with Gasteiger partial charge in [0.05, 0.1) is 42.7 Å². The van der Waals surface area contributed by atoms with Crippen LogP contribution in [0.25, 0.3) is 10.6 Å². The van der Waals surface area contributed by atoms with Gasteiger partial charge in [-0.05, 0) is 24.3 Å². The van der Waals surface area contributed by atoms with Crippen LogP contribution in [0, 0.1) is 0 Å². The lowest BCUT2D eigenvalue weighted by molar-refractivity contribution is -0.117. The molecule has 33 heavy (non-hydrogen) atoms. The third-order valence-electron chi connectivity index (χ3n) is 5.56. The lowest BCUT2D eigenvalue weighted by Gasteiger charge is -2.33. The molecule has 1 N–H and O–H groups in total. The molecule has 1 fully saturated rings. The SMILES string of the molecule is COc1ccc(-c2nc(CN3CCN(CC(=O)Nc4ccccc4Cl)CC3)cs2)c(OC)c1.